The molecule has 0 atom stereocenters. The number of rotatable bonds is 5. The van der Waals surface area contributed by atoms with Crippen molar-refractivity contribution in [3.8, 4) is 16.9 Å². The quantitative estimate of drug-likeness (QED) is 0.581. The van der Waals surface area contributed by atoms with E-state index in [0.29, 0.717) is 5.56 Å². The number of anilines is 1. The second-order valence-electron chi connectivity index (χ2n) is 7.52. The van der Waals surface area contributed by atoms with Gasteiger partial charge in [-0.05, 0) is 36.6 Å². The number of nitrogens with zero attached hydrogens (tertiary/aromatic N) is 3. The molecule has 0 unspecified atom stereocenters. The Balaban J connectivity index is 0.000000229. The maximum atomic E-state index is 12.4. The van der Waals surface area contributed by atoms with Gasteiger partial charge in [0.05, 0.1) is 25.5 Å². The topological polar surface area (TPSA) is 115 Å². The van der Waals surface area contributed by atoms with Gasteiger partial charge in [-0.15, -0.1) is 0 Å². The van der Waals surface area contributed by atoms with Crippen LogP contribution in [0.15, 0.2) is 48.9 Å². The van der Waals surface area contributed by atoms with Crippen LogP contribution in [0.25, 0.3) is 11.1 Å². The number of aryl methyl sites for hydroxylation is 1. The van der Waals surface area contributed by atoms with Crippen molar-refractivity contribution in [1.29, 1.82) is 0 Å². The summed E-state index contributed by atoms with van der Waals surface area (Å²) in [5, 5.41) is 15.8. The Morgan fingerprint density at radius 2 is 1.94 bits per heavy atom. The van der Waals surface area contributed by atoms with E-state index in [1.54, 1.807) is 30.3 Å². The molecular weight excluding hydrogens is 394 g/mol. The number of carbonyl (C=O) groups excluding carboxylic acids is 1. The van der Waals surface area contributed by atoms with Crippen molar-refractivity contribution in [2.45, 2.75) is 38.3 Å². The highest BCUT2D eigenvalue weighted by Gasteiger charge is 2.20. The van der Waals surface area contributed by atoms with Crippen molar-refractivity contribution in [2.75, 3.05) is 12.8 Å². The lowest BCUT2D eigenvalue weighted by atomic mass is 10.1. The predicted molar refractivity (Wildman–Crippen MR) is 119 cm³/mol. The minimum atomic E-state index is -0.141. The Morgan fingerprint density at radius 1 is 1.23 bits per heavy atom. The monoisotopic (exact) mass is 423 g/mol. The molecule has 8 nitrogen and oxygen atoms in total. The van der Waals surface area contributed by atoms with E-state index in [1.165, 1.54) is 12.8 Å². The zero-order valence-electron chi connectivity index (χ0n) is 17.9. The van der Waals surface area contributed by atoms with Crippen LogP contribution in [0.1, 0.15) is 41.6 Å². The molecule has 2 heterocycles. The fourth-order valence-electron chi connectivity index (χ4n) is 3.45. The van der Waals surface area contributed by atoms with Gasteiger partial charge in [0.2, 0.25) is 0 Å². The summed E-state index contributed by atoms with van der Waals surface area (Å²) in [6.07, 6.45) is 9.72. The van der Waals surface area contributed by atoms with Gasteiger partial charge in [-0.3, -0.25) is 9.48 Å². The van der Waals surface area contributed by atoms with E-state index in [4.69, 9.17) is 15.6 Å². The van der Waals surface area contributed by atoms with Crippen LogP contribution >= 0.6 is 0 Å². The molecule has 4 rings (SSSR count). The average molecular weight is 424 g/mol. The van der Waals surface area contributed by atoms with Crippen molar-refractivity contribution in [2.24, 2.45) is 7.05 Å². The third-order valence-corrected chi connectivity index (χ3v) is 5.23. The van der Waals surface area contributed by atoms with Crippen LogP contribution in [0.3, 0.4) is 0 Å². The number of nitrogens with one attached hydrogen (secondary N) is 1. The number of carbonyl (C=O) groups is 1. The number of pyridine rings is 1. The Hall–Kier alpha value is -3.39. The molecule has 1 amide bonds. The average Bonchev–Trinajstić information content (AvgIpc) is 3.46. The fraction of sp³-hybridized carbons (Fsp3) is 0.348. The first-order chi connectivity index (χ1) is 15.0. The fourth-order valence-corrected chi connectivity index (χ4v) is 3.45. The highest BCUT2D eigenvalue weighted by atomic mass is 16.5. The largest absolute Gasteiger partial charge is 0.497 e. The number of aromatic nitrogens is 3. The lowest BCUT2D eigenvalue weighted by Gasteiger charge is -2.13. The normalized spacial score (nSPS) is 13.4. The van der Waals surface area contributed by atoms with Crippen LogP contribution in [-0.4, -0.2) is 38.9 Å². The number of hydrogen-bond donors (Lipinski definition) is 3. The minimum absolute atomic E-state index is 0.0873. The first-order valence-electron chi connectivity index (χ1n) is 10.3. The summed E-state index contributed by atoms with van der Waals surface area (Å²) in [7, 11) is 3.47. The third-order valence-electron chi connectivity index (χ3n) is 5.23. The molecule has 0 aliphatic heterocycles. The number of nitrogen functional groups attached to an aromatic ring is 1. The Bertz CT molecular complexity index is 972. The molecule has 0 spiro atoms. The number of aliphatic hydroxyl groups is 1. The molecule has 0 bridgehead atoms. The lowest BCUT2D eigenvalue weighted by molar-refractivity contribution is 0.0938. The summed E-state index contributed by atoms with van der Waals surface area (Å²) >= 11 is 0. The first kappa shape index (κ1) is 22.3. The van der Waals surface area contributed by atoms with Gasteiger partial charge in [-0.2, -0.15) is 5.10 Å². The van der Waals surface area contributed by atoms with Crippen LogP contribution in [-0.2, 0) is 13.7 Å². The number of ether oxygens (including phenoxy) is 1. The second-order valence-corrected chi connectivity index (χ2v) is 7.52. The van der Waals surface area contributed by atoms with E-state index in [-0.39, 0.29) is 24.4 Å². The number of benzene rings is 1. The number of amides is 1. The van der Waals surface area contributed by atoms with Crippen LogP contribution in [0.4, 0.5) is 5.82 Å². The van der Waals surface area contributed by atoms with E-state index in [2.05, 4.69) is 15.4 Å². The molecular formula is C23H29N5O3. The Labute approximate surface area is 182 Å². The van der Waals surface area contributed by atoms with Gasteiger partial charge in [0.25, 0.3) is 5.91 Å². The number of aliphatic hydroxyl groups excluding tert-OH is 1. The van der Waals surface area contributed by atoms with Gasteiger partial charge in [0, 0.05) is 36.6 Å². The van der Waals surface area contributed by atoms with Crippen LogP contribution in [0.2, 0.25) is 0 Å². The molecule has 0 saturated heterocycles. The smallest absolute Gasteiger partial charge is 0.255 e. The van der Waals surface area contributed by atoms with Crippen LogP contribution in [0, 0.1) is 0 Å². The van der Waals surface area contributed by atoms with E-state index in [1.807, 2.05) is 37.5 Å². The number of nitrogens with two attached hydrogens (primary N) is 1. The molecule has 3 aromatic rings. The predicted octanol–water partition coefficient (Wildman–Crippen LogP) is 2.92. The second kappa shape index (κ2) is 10.6. The van der Waals surface area contributed by atoms with Gasteiger partial charge in [0.1, 0.15) is 11.6 Å². The maximum Gasteiger partial charge on any atom is 0.255 e. The number of methoxy groups -OCH3 is 1. The molecule has 31 heavy (non-hydrogen) atoms. The van der Waals surface area contributed by atoms with Gasteiger partial charge < -0.3 is 20.9 Å². The zero-order chi connectivity index (χ0) is 22.2. The van der Waals surface area contributed by atoms with Gasteiger partial charge >= 0.3 is 0 Å². The molecule has 8 heteroatoms. The summed E-state index contributed by atoms with van der Waals surface area (Å²) in [4.78, 5) is 16.5. The van der Waals surface area contributed by atoms with Crippen LogP contribution < -0.4 is 15.8 Å². The number of hydrogen-bond acceptors (Lipinski definition) is 6. The van der Waals surface area contributed by atoms with E-state index in [0.717, 1.165) is 35.3 Å². The summed E-state index contributed by atoms with van der Waals surface area (Å²) in [6.45, 7) is 0.0873. The zero-order valence-corrected chi connectivity index (χ0v) is 17.9. The SMILES string of the molecule is COc1ccc(CO)cc1.Cn1cc(-c2cnc(N)c(C(=O)NC3CCCC3)c2)cn1. The molecule has 0 radical (unpaired) electrons. The molecule has 1 fully saturated rings. The van der Waals surface area contributed by atoms with E-state index >= 15 is 0 Å². The highest BCUT2D eigenvalue weighted by molar-refractivity contribution is 5.99. The lowest BCUT2D eigenvalue weighted by Crippen LogP contribution is -2.33. The molecule has 164 valence electrons. The van der Waals surface area contributed by atoms with E-state index < -0.39 is 0 Å². The van der Waals surface area contributed by atoms with Gasteiger partial charge in [-0.1, -0.05) is 25.0 Å². The Morgan fingerprint density at radius 3 is 2.52 bits per heavy atom. The molecule has 1 saturated carbocycles. The standard InChI is InChI=1S/C15H19N5O.C8H10O2/c1-20-9-11(8-18-20)10-6-13(14(16)17-7-10)15(21)19-12-4-2-3-5-12;1-10-8-4-2-7(6-9)3-5-8/h6-9,12H,2-5H2,1H3,(H2,16,17)(H,19,21);2-5,9H,6H2,1H3. The van der Waals surface area contributed by atoms with Crippen molar-refractivity contribution in [1.82, 2.24) is 20.1 Å². The summed E-state index contributed by atoms with van der Waals surface area (Å²) < 4.78 is 6.64. The van der Waals surface area contributed by atoms with Crippen molar-refractivity contribution >= 4 is 11.7 Å². The van der Waals surface area contributed by atoms with Crippen LogP contribution in [0.5, 0.6) is 5.75 Å². The molecule has 2 aromatic heterocycles. The van der Waals surface area contributed by atoms with Crippen molar-refractivity contribution < 1.29 is 14.6 Å². The first-order valence-corrected chi connectivity index (χ1v) is 10.3. The van der Waals surface area contributed by atoms with Gasteiger partial charge in [-0.25, -0.2) is 4.98 Å². The van der Waals surface area contributed by atoms with Crippen molar-refractivity contribution in [3.05, 3.63) is 60.0 Å². The molecule has 4 N–H and O–H groups in total. The molecule has 1 aromatic carbocycles. The maximum absolute atomic E-state index is 12.4. The van der Waals surface area contributed by atoms with Gasteiger partial charge in [0.15, 0.2) is 0 Å². The summed E-state index contributed by atoms with van der Waals surface area (Å²) in [5.74, 6) is 0.938. The minimum Gasteiger partial charge on any atom is -0.497 e. The summed E-state index contributed by atoms with van der Waals surface area (Å²) in [5.41, 5.74) is 8.95. The summed E-state index contributed by atoms with van der Waals surface area (Å²) in [6, 6.07) is 9.36. The molecule has 1 aliphatic carbocycles. The van der Waals surface area contributed by atoms with Crippen molar-refractivity contribution in [3.63, 3.8) is 0 Å². The Kier molecular flexibility index (Phi) is 7.61. The highest BCUT2D eigenvalue weighted by Crippen LogP contribution is 2.23. The molecule has 1 aliphatic rings. The van der Waals surface area contributed by atoms with E-state index in [9.17, 15) is 4.79 Å². The third kappa shape index (κ3) is 6.05.